The molecule has 0 spiro atoms. The highest BCUT2D eigenvalue weighted by atomic mass is 16.5. The van der Waals surface area contributed by atoms with Crippen molar-refractivity contribution in [3.63, 3.8) is 0 Å². The topological polar surface area (TPSA) is 63.6 Å². The molecule has 0 aromatic carbocycles. The van der Waals surface area contributed by atoms with Gasteiger partial charge < -0.3 is 9.84 Å². The summed E-state index contributed by atoms with van der Waals surface area (Å²) in [7, 11) is 0. The zero-order valence-corrected chi connectivity index (χ0v) is 6.69. The number of carbonyl (C=O) groups is 2. The fraction of sp³-hybridized carbons (Fsp3) is 0.500. The van der Waals surface area contributed by atoms with Gasteiger partial charge in [0.1, 0.15) is 5.92 Å². The van der Waals surface area contributed by atoms with E-state index >= 15 is 0 Å². The monoisotopic (exact) mass is 170 g/mol. The lowest BCUT2D eigenvalue weighted by Crippen LogP contribution is -2.30. The van der Waals surface area contributed by atoms with Crippen LogP contribution in [0.4, 0.5) is 0 Å². The van der Waals surface area contributed by atoms with Crippen molar-refractivity contribution in [1.29, 1.82) is 0 Å². The summed E-state index contributed by atoms with van der Waals surface area (Å²) in [5.41, 5.74) is 0. The molecule has 1 aliphatic rings. The van der Waals surface area contributed by atoms with Crippen LogP contribution < -0.4 is 0 Å². The Balaban J connectivity index is 2.63. The molecule has 0 aromatic rings. The van der Waals surface area contributed by atoms with Crippen molar-refractivity contribution in [2.24, 2.45) is 5.92 Å². The molecule has 4 heteroatoms. The summed E-state index contributed by atoms with van der Waals surface area (Å²) in [6, 6.07) is 0. The Bertz CT molecular complexity index is 231. The normalized spacial score (nSPS) is 27.7. The van der Waals surface area contributed by atoms with Crippen molar-refractivity contribution in [2.45, 2.75) is 13.0 Å². The fourth-order valence-corrected chi connectivity index (χ4v) is 1.06. The molecular weight excluding hydrogens is 160 g/mol. The molecule has 0 aliphatic heterocycles. The van der Waals surface area contributed by atoms with E-state index in [2.05, 4.69) is 4.74 Å². The summed E-state index contributed by atoms with van der Waals surface area (Å²) in [6.07, 6.45) is 1.48. The quantitative estimate of drug-likeness (QED) is 0.455. The fourth-order valence-electron chi connectivity index (χ4n) is 1.06. The molecule has 0 amide bonds. The smallest absolute Gasteiger partial charge is 0.319 e. The SMILES string of the molecule is CCOC(=O)C1C(=O)C=CC1O. The molecule has 4 nitrogen and oxygen atoms in total. The number of allylic oxidation sites excluding steroid dienone is 1. The third-order valence-corrected chi connectivity index (χ3v) is 1.65. The predicted molar refractivity (Wildman–Crippen MR) is 40.3 cm³/mol. The maximum Gasteiger partial charge on any atom is 0.319 e. The minimum Gasteiger partial charge on any atom is -0.465 e. The highest BCUT2D eigenvalue weighted by Gasteiger charge is 2.36. The molecule has 2 unspecified atom stereocenters. The maximum atomic E-state index is 11.0. The lowest BCUT2D eigenvalue weighted by Gasteiger charge is -2.10. The minimum atomic E-state index is -1.04. The van der Waals surface area contributed by atoms with Crippen LogP contribution in [0.1, 0.15) is 6.92 Å². The number of esters is 1. The molecule has 1 rings (SSSR count). The molecule has 0 saturated carbocycles. The van der Waals surface area contributed by atoms with Gasteiger partial charge in [-0.3, -0.25) is 9.59 Å². The minimum absolute atomic E-state index is 0.218. The van der Waals surface area contributed by atoms with E-state index in [-0.39, 0.29) is 12.4 Å². The van der Waals surface area contributed by atoms with Gasteiger partial charge in [-0.15, -0.1) is 0 Å². The summed E-state index contributed by atoms with van der Waals surface area (Å²) in [5, 5.41) is 9.15. The lowest BCUT2D eigenvalue weighted by molar-refractivity contribution is -0.153. The molecule has 12 heavy (non-hydrogen) atoms. The Morgan fingerprint density at radius 1 is 1.75 bits per heavy atom. The number of aliphatic hydroxyl groups excluding tert-OH is 1. The first-order valence-electron chi connectivity index (χ1n) is 3.73. The van der Waals surface area contributed by atoms with Gasteiger partial charge in [-0.1, -0.05) is 6.08 Å². The largest absolute Gasteiger partial charge is 0.465 e. The number of aliphatic hydroxyl groups is 1. The third kappa shape index (κ3) is 1.53. The Morgan fingerprint density at radius 3 is 2.83 bits per heavy atom. The predicted octanol–water partition coefficient (Wildman–Crippen LogP) is -0.334. The number of hydrogen-bond acceptors (Lipinski definition) is 4. The van der Waals surface area contributed by atoms with E-state index in [1.807, 2.05) is 0 Å². The molecule has 66 valence electrons. The zero-order chi connectivity index (χ0) is 9.14. The van der Waals surface area contributed by atoms with Gasteiger partial charge in [-0.2, -0.15) is 0 Å². The van der Waals surface area contributed by atoms with Gasteiger partial charge in [0.15, 0.2) is 5.78 Å². The van der Waals surface area contributed by atoms with E-state index in [0.29, 0.717) is 0 Å². The van der Waals surface area contributed by atoms with Gasteiger partial charge in [0, 0.05) is 0 Å². The molecular formula is C8H10O4. The summed E-state index contributed by atoms with van der Waals surface area (Å²) < 4.78 is 4.61. The average molecular weight is 170 g/mol. The molecule has 1 N–H and O–H groups in total. The van der Waals surface area contributed by atoms with E-state index in [9.17, 15) is 9.59 Å². The van der Waals surface area contributed by atoms with E-state index < -0.39 is 18.0 Å². The van der Waals surface area contributed by atoms with Crippen molar-refractivity contribution in [2.75, 3.05) is 6.61 Å². The van der Waals surface area contributed by atoms with Crippen molar-refractivity contribution in [1.82, 2.24) is 0 Å². The molecule has 0 radical (unpaired) electrons. The van der Waals surface area contributed by atoms with Crippen LogP contribution in [0, 0.1) is 5.92 Å². The Kier molecular flexibility index (Phi) is 2.60. The lowest BCUT2D eigenvalue weighted by atomic mass is 10.0. The van der Waals surface area contributed by atoms with Crippen LogP contribution in [0.5, 0.6) is 0 Å². The van der Waals surface area contributed by atoms with E-state index in [4.69, 9.17) is 5.11 Å². The first-order valence-corrected chi connectivity index (χ1v) is 3.73. The number of carbonyl (C=O) groups excluding carboxylic acids is 2. The van der Waals surface area contributed by atoms with Gasteiger partial charge in [-0.05, 0) is 13.0 Å². The highest BCUT2D eigenvalue weighted by molar-refractivity contribution is 6.07. The Morgan fingerprint density at radius 2 is 2.42 bits per heavy atom. The van der Waals surface area contributed by atoms with Gasteiger partial charge >= 0.3 is 5.97 Å². The van der Waals surface area contributed by atoms with Gasteiger partial charge in [0.05, 0.1) is 12.7 Å². The molecule has 2 atom stereocenters. The van der Waals surface area contributed by atoms with E-state index in [0.717, 1.165) is 0 Å². The van der Waals surface area contributed by atoms with Crippen molar-refractivity contribution in [3.05, 3.63) is 12.2 Å². The number of ketones is 1. The second-order valence-corrected chi connectivity index (χ2v) is 2.48. The highest BCUT2D eigenvalue weighted by Crippen LogP contribution is 2.16. The van der Waals surface area contributed by atoms with Crippen LogP contribution in [-0.2, 0) is 14.3 Å². The maximum absolute atomic E-state index is 11.0. The summed E-state index contributed by atoms with van der Waals surface area (Å²) >= 11 is 0. The number of rotatable bonds is 2. The van der Waals surface area contributed by atoms with Crippen molar-refractivity contribution >= 4 is 11.8 Å². The molecule has 0 heterocycles. The second kappa shape index (κ2) is 3.49. The molecule has 0 fully saturated rings. The van der Waals surface area contributed by atoms with Gasteiger partial charge in [0.25, 0.3) is 0 Å². The summed E-state index contributed by atoms with van der Waals surface area (Å²) in [6.45, 7) is 1.87. The average Bonchev–Trinajstić information content (AvgIpc) is 2.32. The molecule has 1 aliphatic carbocycles. The van der Waals surface area contributed by atoms with Crippen LogP contribution in [-0.4, -0.2) is 29.6 Å². The Labute approximate surface area is 69.8 Å². The van der Waals surface area contributed by atoms with Gasteiger partial charge in [-0.25, -0.2) is 0 Å². The van der Waals surface area contributed by atoms with Crippen LogP contribution in [0.15, 0.2) is 12.2 Å². The summed E-state index contributed by atoms with van der Waals surface area (Å²) in [4.78, 5) is 22.0. The Hall–Kier alpha value is -1.16. The first kappa shape index (κ1) is 8.93. The number of hydrogen-bond donors (Lipinski definition) is 1. The molecule has 0 saturated heterocycles. The van der Waals surface area contributed by atoms with Crippen LogP contribution in [0.2, 0.25) is 0 Å². The second-order valence-electron chi connectivity index (χ2n) is 2.48. The summed E-state index contributed by atoms with van der Waals surface area (Å²) in [5.74, 6) is -2.08. The van der Waals surface area contributed by atoms with E-state index in [1.54, 1.807) is 6.92 Å². The van der Waals surface area contributed by atoms with Crippen LogP contribution >= 0.6 is 0 Å². The molecule has 0 aromatic heterocycles. The van der Waals surface area contributed by atoms with E-state index in [1.165, 1.54) is 12.2 Å². The number of ether oxygens (including phenoxy) is 1. The van der Waals surface area contributed by atoms with Crippen molar-refractivity contribution in [3.8, 4) is 0 Å². The molecule has 0 bridgehead atoms. The standard InChI is InChI=1S/C8H10O4/c1-2-12-8(11)7-5(9)3-4-6(7)10/h3-5,7,9H,2H2,1H3. The third-order valence-electron chi connectivity index (χ3n) is 1.65. The van der Waals surface area contributed by atoms with Gasteiger partial charge in [0.2, 0.25) is 0 Å². The van der Waals surface area contributed by atoms with Crippen molar-refractivity contribution < 1.29 is 19.4 Å². The first-order chi connectivity index (χ1) is 5.66. The van der Waals surface area contributed by atoms with Crippen LogP contribution in [0.3, 0.4) is 0 Å². The zero-order valence-electron chi connectivity index (χ0n) is 6.69. The van der Waals surface area contributed by atoms with Crippen LogP contribution in [0.25, 0.3) is 0 Å².